The lowest BCUT2D eigenvalue weighted by Crippen LogP contribution is -2.62. The van der Waals surface area contributed by atoms with Gasteiger partial charge in [0.15, 0.2) is 0 Å². The molecule has 0 atom stereocenters. The third-order valence-corrected chi connectivity index (χ3v) is 7.98. The molecule has 0 saturated carbocycles. The number of rotatable bonds is 7. The van der Waals surface area contributed by atoms with E-state index in [9.17, 15) is 22.8 Å². The van der Waals surface area contributed by atoms with Crippen LogP contribution in [0.4, 0.5) is 18.9 Å². The monoisotopic (exact) mass is 551 g/mol. The highest BCUT2D eigenvalue weighted by atomic mass is 32.1. The molecular formula is C26H28F3N3O3S2. The summed E-state index contributed by atoms with van der Waals surface area (Å²) in [4.78, 5) is 38.1. The fourth-order valence-corrected chi connectivity index (χ4v) is 6.10. The molecule has 1 fully saturated rings. The minimum absolute atomic E-state index is 0.0607. The number of aromatic nitrogens is 2. The average molecular weight is 552 g/mol. The molecule has 198 valence electrons. The quantitative estimate of drug-likeness (QED) is 0.323. The number of carbonyl (C=O) groups is 2. The summed E-state index contributed by atoms with van der Waals surface area (Å²) in [5.74, 6) is -0.622. The van der Waals surface area contributed by atoms with Crippen LogP contribution in [0.25, 0.3) is 10.6 Å². The Kier molecular flexibility index (Phi) is 7.24. The number of thiazole rings is 2. The number of nitrogens with zero attached hydrogens (tertiary/aromatic N) is 3. The molecule has 1 aromatic carbocycles. The van der Waals surface area contributed by atoms with Crippen molar-refractivity contribution in [1.29, 1.82) is 0 Å². The first-order valence-electron chi connectivity index (χ1n) is 11.7. The molecule has 37 heavy (non-hydrogen) atoms. The highest BCUT2D eigenvalue weighted by Gasteiger charge is 2.51. The van der Waals surface area contributed by atoms with E-state index in [1.54, 1.807) is 37.0 Å². The predicted octanol–water partition coefficient (Wildman–Crippen LogP) is 6.25. The molecule has 6 nitrogen and oxygen atoms in total. The Morgan fingerprint density at radius 1 is 1.08 bits per heavy atom. The molecule has 1 aliphatic heterocycles. The van der Waals surface area contributed by atoms with Gasteiger partial charge in [-0.3, -0.25) is 9.59 Å². The first-order chi connectivity index (χ1) is 17.1. The van der Waals surface area contributed by atoms with E-state index < -0.39 is 28.7 Å². The number of Topliss-reactive ketones (excluding diaryl/α,β-unsaturated/α-hetero) is 1. The third kappa shape index (κ3) is 6.20. The van der Waals surface area contributed by atoms with Gasteiger partial charge in [-0.1, -0.05) is 0 Å². The first kappa shape index (κ1) is 27.3. The van der Waals surface area contributed by atoms with Crippen LogP contribution in [0.2, 0.25) is 0 Å². The van der Waals surface area contributed by atoms with Gasteiger partial charge in [0, 0.05) is 24.2 Å². The molecule has 11 heteroatoms. The number of anilines is 1. The average Bonchev–Trinajstić information content (AvgIpc) is 3.33. The Morgan fingerprint density at radius 3 is 2.27 bits per heavy atom. The Bertz CT molecular complexity index is 1300. The molecule has 0 spiro atoms. The number of ketones is 1. The zero-order valence-electron chi connectivity index (χ0n) is 21.2. The standard InChI is InChI=1S/C26H28F3N3O3S2/c1-15-23(37-16(2)30-15)19-12-36-21(31-19)10-20(33)25(11-22(34)35-24(3,4)5)13-32(14-25)18-8-6-17(7-9-18)26(27,28)29/h6-9,12H,10-11,13-14H2,1-5H3. The summed E-state index contributed by atoms with van der Waals surface area (Å²) in [5.41, 5.74) is -0.219. The highest BCUT2D eigenvalue weighted by molar-refractivity contribution is 7.16. The van der Waals surface area contributed by atoms with Crippen molar-refractivity contribution >= 4 is 40.1 Å². The second kappa shape index (κ2) is 9.83. The van der Waals surface area contributed by atoms with Crippen LogP contribution in [0.15, 0.2) is 29.6 Å². The van der Waals surface area contributed by atoms with Crippen LogP contribution in [-0.2, 0) is 26.9 Å². The van der Waals surface area contributed by atoms with Gasteiger partial charge >= 0.3 is 12.1 Å². The summed E-state index contributed by atoms with van der Waals surface area (Å²) in [6.45, 7) is 9.54. The Morgan fingerprint density at radius 2 is 1.73 bits per heavy atom. The summed E-state index contributed by atoms with van der Waals surface area (Å²) < 4.78 is 44.3. The molecule has 1 saturated heterocycles. The van der Waals surface area contributed by atoms with Crippen molar-refractivity contribution in [3.05, 3.63) is 50.9 Å². The maximum atomic E-state index is 13.6. The van der Waals surface area contributed by atoms with Gasteiger partial charge in [-0.2, -0.15) is 13.2 Å². The largest absolute Gasteiger partial charge is 0.460 e. The summed E-state index contributed by atoms with van der Waals surface area (Å²) in [6, 6.07) is 4.81. The maximum absolute atomic E-state index is 13.6. The molecule has 0 aliphatic carbocycles. The number of hydrogen-bond donors (Lipinski definition) is 0. The zero-order valence-corrected chi connectivity index (χ0v) is 22.9. The van der Waals surface area contributed by atoms with Gasteiger partial charge in [-0.15, -0.1) is 22.7 Å². The lowest BCUT2D eigenvalue weighted by atomic mass is 9.72. The van der Waals surface area contributed by atoms with E-state index in [1.165, 1.54) is 23.5 Å². The van der Waals surface area contributed by atoms with Crippen LogP contribution >= 0.6 is 22.7 Å². The van der Waals surface area contributed by atoms with Crippen molar-refractivity contribution < 1.29 is 27.5 Å². The fraction of sp³-hybridized carbons (Fsp3) is 0.462. The number of alkyl halides is 3. The van der Waals surface area contributed by atoms with Gasteiger partial charge in [0.2, 0.25) is 0 Å². The van der Waals surface area contributed by atoms with Crippen LogP contribution in [0, 0.1) is 19.3 Å². The molecule has 4 rings (SSSR count). The Balaban J connectivity index is 1.52. The van der Waals surface area contributed by atoms with Crippen molar-refractivity contribution in [2.75, 3.05) is 18.0 Å². The van der Waals surface area contributed by atoms with E-state index in [0.29, 0.717) is 10.7 Å². The van der Waals surface area contributed by atoms with E-state index in [-0.39, 0.29) is 31.7 Å². The number of aryl methyl sites for hydroxylation is 2. The number of benzene rings is 1. The number of hydrogen-bond acceptors (Lipinski definition) is 8. The predicted molar refractivity (Wildman–Crippen MR) is 138 cm³/mol. The molecule has 0 N–H and O–H groups in total. The van der Waals surface area contributed by atoms with Gasteiger partial charge in [0.25, 0.3) is 0 Å². The smallest absolute Gasteiger partial charge is 0.416 e. The molecule has 0 bridgehead atoms. The van der Waals surface area contributed by atoms with Crippen LogP contribution < -0.4 is 4.90 Å². The van der Waals surface area contributed by atoms with Crippen LogP contribution in [-0.4, -0.2) is 40.4 Å². The maximum Gasteiger partial charge on any atom is 0.416 e. The minimum Gasteiger partial charge on any atom is -0.460 e. The summed E-state index contributed by atoms with van der Waals surface area (Å²) in [7, 11) is 0. The van der Waals surface area contributed by atoms with Crippen LogP contribution in [0.5, 0.6) is 0 Å². The molecule has 3 heterocycles. The van der Waals surface area contributed by atoms with Crippen molar-refractivity contribution in [3.8, 4) is 10.6 Å². The van der Waals surface area contributed by atoms with Gasteiger partial charge in [0.05, 0.1) is 45.1 Å². The first-order valence-corrected chi connectivity index (χ1v) is 13.4. The van der Waals surface area contributed by atoms with Crippen LogP contribution in [0.3, 0.4) is 0 Å². The van der Waals surface area contributed by atoms with Crippen molar-refractivity contribution in [1.82, 2.24) is 9.97 Å². The Labute approximate surface area is 221 Å². The number of ether oxygens (including phenoxy) is 1. The fourth-order valence-electron chi connectivity index (χ4n) is 4.36. The summed E-state index contributed by atoms with van der Waals surface area (Å²) in [6.07, 6.45) is -4.47. The second-order valence-electron chi connectivity index (χ2n) is 10.3. The number of halogens is 3. The van der Waals surface area contributed by atoms with Gasteiger partial charge in [-0.05, 0) is 58.9 Å². The van der Waals surface area contributed by atoms with Gasteiger partial charge in [0.1, 0.15) is 16.4 Å². The molecule has 0 unspecified atom stereocenters. The summed E-state index contributed by atoms with van der Waals surface area (Å²) >= 11 is 2.93. The summed E-state index contributed by atoms with van der Waals surface area (Å²) in [5, 5.41) is 3.48. The van der Waals surface area contributed by atoms with E-state index in [2.05, 4.69) is 9.97 Å². The SMILES string of the molecule is Cc1nc(C)c(-c2csc(CC(=O)C3(CC(=O)OC(C)(C)C)CN(c4ccc(C(F)(F)F)cc4)C3)n2)s1. The van der Waals surface area contributed by atoms with E-state index in [1.807, 2.05) is 19.2 Å². The molecule has 2 aromatic heterocycles. The molecule has 3 aromatic rings. The van der Waals surface area contributed by atoms with Crippen LogP contribution in [0.1, 0.15) is 48.5 Å². The minimum atomic E-state index is -4.42. The highest BCUT2D eigenvalue weighted by Crippen LogP contribution is 2.41. The van der Waals surface area contributed by atoms with E-state index >= 15 is 0 Å². The van der Waals surface area contributed by atoms with E-state index in [0.717, 1.165) is 33.4 Å². The van der Waals surface area contributed by atoms with Crippen molar-refractivity contribution in [3.63, 3.8) is 0 Å². The Hall–Kier alpha value is -2.79. The normalized spacial score (nSPS) is 15.4. The second-order valence-corrected chi connectivity index (χ2v) is 12.5. The lowest BCUT2D eigenvalue weighted by molar-refractivity contribution is -0.160. The zero-order chi connectivity index (χ0) is 27.2. The molecular weight excluding hydrogens is 523 g/mol. The third-order valence-electron chi connectivity index (χ3n) is 6.04. The lowest BCUT2D eigenvalue weighted by Gasteiger charge is -2.50. The van der Waals surface area contributed by atoms with Crippen molar-refractivity contribution in [2.24, 2.45) is 5.41 Å². The number of esters is 1. The van der Waals surface area contributed by atoms with Gasteiger partial charge < -0.3 is 9.64 Å². The molecule has 0 amide bonds. The molecule has 1 aliphatic rings. The van der Waals surface area contributed by atoms with Crippen molar-refractivity contribution in [2.45, 2.75) is 59.2 Å². The molecule has 0 radical (unpaired) electrons. The number of carbonyl (C=O) groups excluding carboxylic acids is 2. The van der Waals surface area contributed by atoms with E-state index in [4.69, 9.17) is 4.74 Å². The topological polar surface area (TPSA) is 72.4 Å². The van der Waals surface area contributed by atoms with Gasteiger partial charge in [-0.25, -0.2) is 9.97 Å².